The van der Waals surface area contributed by atoms with Crippen LogP contribution >= 0.6 is 11.6 Å². The Bertz CT molecular complexity index is 367. The number of benzene rings is 1. The molecule has 2 rings (SSSR count). The molecule has 3 heteroatoms. The summed E-state index contributed by atoms with van der Waals surface area (Å²) in [6, 6.07) is 8.06. The van der Waals surface area contributed by atoms with E-state index in [1.807, 2.05) is 18.2 Å². The van der Waals surface area contributed by atoms with Crippen LogP contribution in [0.15, 0.2) is 24.3 Å². The molecule has 3 atom stereocenters. The predicted molar refractivity (Wildman–Crippen MR) is 69.9 cm³/mol. The highest BCUT2D eigenvalue weighted by Gasteiger charge is 2.31. The quantitative estimate of drug-likeness (QED) is 0.768. The SMILES string of the molecule is COc1ccccc1CC(Cl)C1CCOC1C. The second-order valence-corrected chi connectivity index (χ2v) is 5.12. The van der Waals surface area contributed by atoms with Crippen molar-refractivity contribution in [3.8, 4) is 5.75 Å². The van der Waals surface area contributed by atoms with Gasteiger partial charge in [0.15, 0.2) is 0 Å². The van der Waals surface area contributed by atoms with Crippen molar-refractivity contribution in [2.45, 2.75) is 31.2 Å². The van der Waals surface area contributed by atoms with E-state index in [1.165, 1.54) is 5.56 Å². The lowest BCUT2D eigenvalue weighted by atomic mass is 9.93. The van der Waals surface area contributed by atoms with Crippen molar-refractivity contribution < 1.29 is 9.47 Å². The van der Waals surface area contributed by atoms with Gasteiger partial charge in [0, 0.05) is 17.9 Å². The van der Waals surface area contributed by atoms with E-state index in [9.17, 15) is 0 Å². The van der Waals surface area contributed by atoms with Gasteiger partial charge in [-0.15, -0.1) is 11.6 Å². The third-order valence-electron chi connectivity index (χ3n) is 3.51. The van der Waals surface area contributed by atoms with Crippen molar-refractivity contribution >= 4 is 11.6 Å². The number of halogens is 1. The van der Waals surface area contributed by atoms with E-state index in [1.54, 1.807) is 7.11 Å². The molecule has 94 valence electrons. The number of ether oxygens (including phenoxy) is 2. The molecule has 1 heterocycles. The van der Waals surface area contributed by atoms with E-state index in [0.29, 0.717) is 5.92 Å². The van der Waals surface area contributed by atoms with Gasteiger partial charge in [0.1, 0.15) is 5.75 Å². The van der Waals surface area contributed by atoms with Crippen molar-refractivity contribution in [2.24, 2.45) is 5.92 Å². The highest BCUT2D eigenvalue weighted by molar-refractivity contribution is 6.21. The van der Waals surface area contributed by atoms with Crippen LogP contribution in [-0.4, -0.2) is 25.2 Å². The van der Waals surface area contributed by atoms with Gasteiger partial charge in [-0.25, -0.2) is 0 Å². The minimum absolute atomic E-state index is 0.115. The van der Waals surface area contributed by atoms with E-state index in [-0.39, 0.29) is 11.5 Å². The number of methoxy groups -OCH3 is 1. The zero-order chi connectivity index (χ0) is 12.3. The summed E-state index contributed by atoms with van der Waals surface area (Å²) in [5.74, 6) is 1.37. The Balaban J connectivity index is 2.04. The minimum atomic E-state index is 0.115. The molecular formula is C14H19ClO2. The summed E-state index contributed by atoms with van der Waals surface area (Å²) in [7, 11) is 1.70. The van der Waals surface area contributed by atoms with E-state index in [4.69, 9.17) is 21.1 Å². The van der Waals surface area contributed by atoms with E-state index < -0.39 is 0 Å². The third kappa shape index (κ3) is 2.93. The van der Waals surface area contributed by atoms with Crippen LogP contribution in [0.1, 0.15) is 18.9 Å². The second-order valence-electron chi connectivity index (χ2n) is 4.56. The molecule has 2 nitrogen and oxygen atoms in total. The normalized spacial score (nSPS) is 25.8. The third-order valence-corrected chi connectivity index (χ3v) is 3.98. The molecular weight excluding hydrogens is 236 g/mol. The summed E-state index contributed by atoms with van der Waals surface area (Å²) in [6.07, 6.45) is 2.17. The number of para-hydroxylation sites is 1. The fourth-order valence-electron chi connectivity index (χ4n) is 2.46. The lowest BCUT2D eigenvalue weighted by molar-refractivity contribution is 0.105. The van der Waals surface area contributed by atoms with Crippen LogP contribution in [0, 0.1) is 5.92 Å². The van der Waals surface area contributed by atoms with E-state index in [0.717, 1.165) is 25.2 Å². The average Bonchev–Trinajstić information content (AvgIpc) is 2.76. The zero-order valence-corrected chi connectivity index (χ0v) is 11.1. The predicted octanol–water partition coefficient (Wildman–Crippen LogP) is 3.27. The first-order chi connectivity index (χ1) is 8.22. The molecule has 0 bridgehead atoms. The van der Waals surface area contributed by atoms with Gasteiger partial charge in [0.25, 0.3) is 0 Å². The van der Waals surface area contributed by atoms with Crippen LogP contribution in [0.4, 0.5) is 0 Å². The van der Waals surface area contributed by atoms with Gasteiger partial charge in [0.05, 0.1) is 13.2 Å². The maximum atomic E-state index is 6.51. The molecule has 1 aromatic rings. The summed E-state index contributed by atoms with van der Waals surface area (Å²) >= 11 is 6.51. The first-order valence-electron chi connectivity index (χ1n) is 6.10. The topological polar surface area (TPSA) is 18.5 Å². The van der Waals surface area contributed by atoms with E-state index >= 15 is 0 Å². The Morgan fingerprint density at radius 3 is 2.88 bits per heavy atom. The molecule has 0 amide bonds. The van der Waals surface area contributed by atoms with Gasteiger partial charge in [-0.1, -0.05) is 18.2 Å². The van der Waals surface area contributed by atoms with Crippen molar-refractivity contribution in [3.63, 3.8) is 0 Å². The highest BCUT2D eigenvalue weighted by atomic mass is 35.5. The summed E-state index contributed by atoms with van der Waals surface area (Å²) in [5.41, 5.74) is 1.18. The maximum absolute atomic E-state index is 6.51. The Morgan fingerprint density at radius 1 is 1.47 bits per heavy atom. The summed E-state index contributed by atoms with van der Waals surface area (Å²) in [4.78, 5) is 0. The molecule has 0 spiro atoms. The molecule has 0 saturated carbocycles. The number of hydrogen-bond acceptors (Lipinski definition) is 2. The van der Waals surface area contributed by atoms with Gasteiger partial charge in [0.2, 0.25) is 0 Å². The highest BCUT2D eigenvalue weighted by Crippen LogP contribution is 2.31. The standard InChI is InChI=1S/C14H19ClO2/c1-10-12(7-8-17-10)13(15)9-11-5-3-4-6-14(11)16-2/h3-6,10,12-13H,7-9H2,1-2H3. The smallest absolute Gasteiger partial charge is 0.122 e. The Kier molecular flexibility index (Phi) is 4.30. The van der Waals surface area contributed by atoms with Crippen LogP contribution in [0.3, 0.4) is 0 Å². The Hall–Kier alpha value is -0.730. The molecule has 1 saturated heterocycles. The number of alkyl halides is 1. The molecule has 1 aromatic carbocycles. The maximum Gasteiger partial charge on any atom is 0.122 e. The molecule has 17 heavy (non-hydrogen) atoms. The van der Waals surface area contributed by atoms with Crippen LogP contribution < -0.4 is 4.74 Å². The minimum Gasteiger partial charge on any atom is -0.496 e. The fraction of sp³-hybridized carbons (Fsp3) is 0.571. The lowest BCUT2D eigenvalue weighted by Crippen LogP contribution is -2.24. The molecule has 0 radical (unpaired) electrons. The van der Waals surface area contributed by atoms with Crippen molar-refractivity contribution in [1.29, 1.82) is 0 Å². The second kappa shape index (κ2) is 5.74. The van der Waals surface area contributed by atoms with Gasteiger partial charge in [-0.05, 0) is 31.4 Å². The van der Waals surface area contributed by atoms with Crippen molar-refractivity contribution in [2.75, 3.05) is 13.7 Å². The molecule has 1 aliphatic rings. The Morgan fingerprint density at radius 2 is 2.24 bits per heavy atom. The molecule has 3 unspecified atom stereocenters. The largest absolute Gasteiger partial charge is 0.496 e. The Labute approximate surface area is 108 Å². The fourth-order valence-corrected chi connectivity index (χ4v) is 2.95. The number of rotatable bonds is 4. The van der Waals surface area contributed by atoms with Gasteiger partial charge < -0.3 is 9.47 Å². The van der Waals surface area contributed by atoms with E-state index in [2.05, 4.69) is 13.0 Å². The van der Waals surface area contributed by atoms with Crippen molar-refractivity contribution in [1.82, 2.24) is 0 Å². The zero-order valence-electron chi connectivity index (χ0n) is 10.4. The van der Waals surface area contributed by atoms with Crippen LogP contribution in [-0.2, 0) is 11.2 Å². The number of hydrogen-bond donors (Lipinski definition) is 0. The molecule has 0 N–H and O–H groups in total. The monoisotopic (exact) mass is 254 g/mol. The van der Waals surface area contributed by atoms with Crippen LogP contribution in [0.5, 0.6) is 5.75 Å². The summed E-state index contributed by atoms with van der Waals surface area (Å²) < 4.78 is 10.9. The molecule has 0 aliphatic carbocycles. The first kappa shape index (κ1) is 12.7. The lowest BCUT2D eigenvalue weighted by Gasteiger charge is -2.21. The van der Waals surface area contributed by atoms with Crippen molar-refractivity contribution in [3.05, 3.63) is 29.8 Å². The van der Waals surface area contributed by atoms with Gasteiger partial charge >= 0.3 is 0 Å². The molecule has 0 aromatic heterocycles. The van der Waals surface area contributed by atoms with Crippen LogP contribution in [0.25, 0.3) is 0 Å². The molecule has 1 fully saturated rings. The van der Waals surface area contributed by atoms with Gasteiger partial charge in [-0.2, -0.15) is 0 Å². The molecule has 1 aliphatic heterocycles. The average molecular weight is 255 g/mol. The summed E-state index contributed by atoms with van der Waals surface area (Å²) in [6.45, 7) is 2.94. The summed E-state index contributed by atoms with van der Waals surface area (Å²) in [5, 5.41) is 0.115. The van der Waals surface area contributed by atoms with Crippen LogP contribution in [0.2, 0.25) is 0 Å². The first-order valence-corrected chi connectivity index (χ1v) is 6.53. The van der Waals surface area contributed by atoms with Gasteiger partial charge in [-0.3, -0.25) is 0 Å².